The summed E-state index contributed by atoms with van der Waals surface area (Å²) in [6, 6.07) is 8.75. The number of fused-ring (bicyclic) bond motifs is 3. The van der Waals surface area contributed by atoms with Crippen LogP contribution < -0.4 is 5.56 Å². The predicted molar refractivity (Wildman–Crippen MR) is 108 cm³/mol. The van der Waals surface area contributed by atoms with Crippen molar-refractivity contribution in [3.05, 3.63) is 39.4 Å². The first-order valence-electron chi connectivity index (χ1n) is 9.07. The molecular weight excluding hydrogens is 350 g/mol. The second-order valence-corrected chi connectivity index (χ2v) is 8.22. The minimum atomic E-state index is 0.0463. The molecule has 6 heteroatoms. The van der Waals surface area contributed by atoms with Crippen LogP contribution in [0.1, 0.15) is 32.6 Å². The molecule has 0 saturated carbocycles. The molecule has 1 aliphatic rings. The molecule has 1 N–H and O–H groups in total. The topological polar surface area (TPSA) is 41.0 Å². The molecule has 0 aliphatic carbocycles. The normalized spacial score (nSPS) is 19.0. The van der Waals surface area contributed by atoms with Gasteiger partial charge in [-0.05, 0) is 44.1 Å². The monoisotopic (exact) mass is 373 g/mol. The van der Waals surface area contributed by atoms with Crippen LogP contribution in [0, 0.1) is 4.77 Å². The number of thiophene rings is 1. The van der Waals surface area contributed by atoms with Gasteiger partial charge in [0.1, 0.15) is 4.70 Å². The Kier molecular flexibility index (Phi) is 4.75. The van der Waals surface area contributed by atoms with Crippen LogP contribution in [0.3, 0.4) is 0 Å². The number of nitrogens with one attached hydrogen (secondary N) is 1. The third-order valence-corrected chi connectivity index (χ3v) is 6.82. The van der Waals surface area contributed by atoms with Gasteiger partial charge in [0.15, 0.2) is 4.77 Å². The fourth-order valence-electron chi connectivity index (χ4n) is 3.96. The standard InChI is InChI=1S/C19H23N3OS2/c1-2-13-7-5-6-10-21(13)11-12-22-18(23)17-16(20-19(22)24)14-8-3-4-9-15(14)25-17/h3-4,8-9,13H,2,5-7,10-12H2,1H3,(H,20,24)/t13-/m0/s1. The fourth-order valence-corrected chi connectivity index (χ4v) is 5.34. The van der Waals surface area contributed by atoms with E-state index < -0.39 is 0 Å². The van der Waals surface area contributed by atoms with Crippen LogP contribution in [0.4, 0.5) is 0 Å². The number of hydrogen-bond acceptors (Lipinski definition) is 4. The fraction of sp³-hybridized carbons (Fsp3) is 0.474. The van der Waals surface area contributed by atoms with Crippen LogP contribution >= 0.6 is 23.6 Å². The highest BCUT2D eigenvalue weighted by molar-refractivity contribution is 7.71. The number of hydrogen-bond donors (Lipinski definition) is 1. The molecule has 0 spiro atoms. The van der Waals surface area contributed by atoms with Gasteiger partial charge in [-0.2, -0.15) is 0 Å². The maximum Gasteiger partial charge on any atom is 0.272 e. The Labute approximate surface area is 156 Å². The number of aromatic amines is 1. The Morgan fingerprint density at radius 3 is 2.96 bits per heavy atom. The zero-order chi connectivity index (χ0) is 17.4. The van der Waals surface area contributed by atoms with E-state index in [1.54, 1.807) is 15.9 Å². The van der Waals surface area contributed by atoms with Gasteiger partial charge in [-0.1, -0.05) is 31.5 Å². The molecule has 25 heavy (non-hydrogen) atoms. The first-order chi connectivity index (χ1) is 12.2. The molecule has 1 aliphatic heterocycles. The lowest BCUT2D eigenvalue weighted by Gasteiger charge is -2.35. The Bertz CT molecular complexity index is 1020. The van der Waals surface area contributed by atoms with Gasteiger partial charge in [0.05, 0.1) is 5.52 Å². The average Bonchev–Trinajstić information content (AvgIpc) is 3.01. The molecule has 3 heterocycles. The highest BCUT2D eigenvalue weighted by Gasteiger charge is 2.21. The Morgan fingerprint density at radius 1 is 1.28 bits per heavy atom. The summed E-state index contributed by atoms with van der Waals surface area (Å²) in [6.45, 7) is 4.95. The van der Waals surface area contributed by atoms with E-state index in [0.717, 1.165) is 33.4 Å². The molecule has 4 nitrogen and oxygen atoms in total. The summed E-state index contributed by atoms with van der Waals surface area (Å²) in [7, 11) is 0. The molecule has 0 amide bonds. The van der Waals surface area contributed by atoms with Crippen LogP contribution in [-0.4, -0.2) is 33.6 Å². The summed E-state index contributed by atoms with van der Waals surface area (Å²) in [5.41, 5.74) is 0.932. The van der Waals surface area contributed by atoms with Crippen molar-refractivity contribution in [3.63, 3.8) is 0 Å². The number of rotatable bonds is 4. The highest BCUT2D eigenvalue weighted by Crippen LogP contribution is 2.30. The summed E-state index contributed by atoms with van der Waals surface area (Å²) in [6.07, 6.45) is 5.03. The van der Waals surface area contributed by atoms with Crippen LogP contribution in [0.2, 0.25) is 0 Å². The van der Waals surface area contributed by atoms with Gasteiger partial charge in [0.25, 0.3) is 5.56 Å². The number of likely N-dealkylation sites (tertiary alicyclic amines) is 1. The maximum absolute atomic E-state index is 13.0. The van der Waals surface area contributed by atoms with E-state index in [1.165, 1.54) is 25.7 Å². The smallest absolute Gasteiger partial charge is 0.272 e. The van der Waals surface area contributed by atoms with E-state index >= 15 is 0 Å². The molecule has 1 saturated heterocycles. The van der Waals surface area contributed by atoms with E-state index in [2.05, 4.69) is 22.9 Å². The number of nitrogens with zero attached hydrogens (tertiary/aromatic N) is 2. The van der Waals surface area contributed by atoms with Crippen molar-refractivity contribution in [1.82, 2.24) is 14.5 Å². The van der Waals surface area contributed by atoms with Gasteiger partial charge in [-0.3, -0.25) is 14.3 Å². The Morgan fingerprint density at radius 2 is 2.12 bits per heavy atom. The van der Waals surface area contributed by atoms with Crippen LogP contribution in [0.25, 0.3) is 20.3 Å². The van der Waals surface area contributed by atoms with Crippen molar-refractivity contribution >= 4 is 43.9 Å². The molecule has 2 aromatic heterocycles. The first kappa shape index (κ1) is 16.9. The first-order valence-corrected chi connectivity index (χ1v) is 10.3. The summed E-state index contributed by atoms with van der Waals surface area (Å²) in [4.78, 5) is 18.8. The molecule has 3 aromatic rings. The number of aromatic nitrogens is 2. The van der Waals surface area contributed by atoms with E-state index in [1.807, 2.05) is 18.2 Å². The molecule has 132 valence electrons. The van der Waals surface area contributed by atoms with Gasteiger partial charge in [-0.25, -0.2) is 0 Å². The quantitative estimate of drug-likeness (QED) is 0.683. The van der Waals surface area contributed by atoms with Crippen LogP contribution in [0.5, 0.6) is 0 Å². The molecular formula is C19H23N3OS2. The average molecular weight is 374 g/mol. The van der Waals surface area contributed by atoms with Crippen molar-refractivity contribution < 1.29 is 0 Å². The Balaban J connectivity index is 1.69. The zero-order valence-electron chi connectivity index (χ0n) is 14.5. The summed E-state index contributed by atoms with van der Waals surface area (Å²) in [5, 5.41) is 1.08. The van der Waals surface area contributed by atoms with Crippen molar-refractivity contribution in [1.29, 1.82) is 0 Å². The predicted octanol–water partition coefficient (Wildman–Crippen LogP) is 4.54. The van der Waals surface area contributed by atoms with Crippen molar-refractivity contribution in [2.24, 2.45) is 0 Å². The second-order valence-electron chi connectivity index (χ2n) is 6.78. The third kappa shape index (κ3) is 3.07. The number of benzene rings is 1. The summed E-state index contributed by atoms with van der Waals surface area (Å²) in [5.74, 6) is 0. The van der Waals surface area contributed by atoms with Gasteiger partial charge >= 0.3 is 0 Å². The van der Waals surface area contributed by atoms with E-state index in [-0.39, 0.29) is 5.56 Å². The minimum absolute atomic E-state index is 0.0463. The van der Waals surface area contributed by atoms with Crippen LogP contribution in [0.15, 0.2) is 29.1 Å². The molecule has 4 rings (SSSR count). The van der Waals surface area contributed by atoms with Crippen molar-refractivity contribution in [2.45, 2.75) is 45.2 Å². The van der Waals surface area contributed by atoms with E-state index in [9.17, 15) is 4.79 Å². The summed E-state index contributed by atoms with van der Waals surface area (Å²) >= 11 is 7.07. The van der Waals surface area contributed by atoms with E-state index in [4.69, 9.17) is 12.2 Å². The molecule has 1 fully saturated rings. The lowest BCUT2D eigenvalue weighted by atomic mass is 10.0. The maximum atomic E-state index is 13.0. The van der Waals surface area contributed by atoms with Gasteiger partial charge < -0.3 is 4.98 Å². The minimum Gasteiger partial charge on any atom is -0.330 e. The lowest BCUT2D eigenvalue weighted by Crippen LogP contribution is -2.41. The van der Waals surface area contributed by atoms with E-state index in [0.29, 0.717) is 17.4 Å². The van der Waals surface area contributed by atoms with Crippen LogP contribution in [-0.2, 0) is 6.54 Å². The van der Waals surface area contributed by atoms with Gasteiger partial charge in [-0.15, -0.1) is 11.3 Å². The molecule has 0 unspecified atom stereocenters. The number of piperidine rings is 1. The third-order valence-electron chi connectivity index (χ3n) is 5.34. The lowest BCUT2D eigenvalue weighted by molar-refractivity contribution is 0.138. The van der Waals surface area contributed by atoms with Gasteiger partial charge in [0.2, 0.25) is 0 Å². The van der Waals surface area contributed by atoms with Crippen molar-refractivity contribution in [3.8, 4) is 0 Å². The zero-order valence-corrected chi connectivity index (χ0v) is 16.1. The molecule has 0 bridgehead atoms. The molecule has 1 atom stereocenters. The SMILES string of the molecule is CC[C@H]1CCCCN1CCn1c(=S)[nH]c2c(sc3ccccc32)c1=O. The Hall–Kier alpha value is -1.50. The van der Waals surface area contributed by atoms with Gasteiger partial charge in [0, 0.05) is 29.2 Å². The molecule has 1 aromatic carbocycles. The summed E-state index contributed by atoms with van der Waals surface area (Å²) < 4.78 is 4.18. The molecule has 0 radical (unpaired) electrons. The second kappa shape index (κ2) is 7.02. The highest BCUT2D eigenvalue weighted by atomic mass is 32.1. The van der Waals surface area contributed by atoms with Crippen molar-refractivity contribution in [2.75, 3.05) is 13.1 Å². The largest absolute Gasteiger partial charge is 0.330 e. The number of H-pyrrole nitrogens is 1.